The van der Waals surface area contributed by atoms with E-state index < -0.39 is 45.1 Å². The molecule has 1 aromatic rings. The molecule has 13 nitrogen and oxygen atoms in total. The summed E-state index contributed by atoms with van der Waals surface area (Å²) in [6, 6.07) is 9.52. The van der Waals surface area contributed by atoms with Gasteiger partial charge in [0.25, 0.3) is 0 Å². The molecule has 0 saturated heterocycles. The van der Waals surface area contributed by atoms with Gasteiger partial charge in [-0.3, -0.25) is 19.2 Å². The first kappa shape index (κ1) is 42.9. The predicted octanol–water partition coefficient (Wildman–Crippen LogP) is 2.23. The number of carboxylic acid groups (broad SMARTS) is 1. The molecule has 0 spiro atoms. The lowest BCUT2D eigenvalue weighted by molar-refractivity contribution is -0.889. The summed E-state index contributed by atoms with van der Waals surface area (Å²) in [6.45, 7) is 11.1. The normalized spacial score (nSPS) is 13.0. The molecule has 0 radical (unpaired) electrons. The molecule has 1 rings (SSSR count). The standard InChI is InChI=1S/C22H42N4O9S.C10H14/c1-6-22(2,3)21(31)25-17(16-18(27)23-10-14-35-13-8-19(28)29)20(30)24-9-12-26(4,5)11-7-15-36(32,33)34;1-3-9(2)10-7-5-4-6-8-10/h17H,6-16H2,1-5H3,(H4-,23,24,25,27,28,29,30,31,32,33,34);4-9H,3H2,1-2H3. The van der Waals surface area contributed by atoms with Gasteiger partial charge in [-0.05, 0) is 24.3 Å². The lowest BCUT2D eigenvalue weighted by Gasteiger charge is -2.30. The molecule has 0 bridgehead atoms. The number of nitrogens with zero attached hydrogens (tertiary/aromatic N) is 1. The highest BCUT2D eigenvalue weighted by atomic mass is 32.2. The third kappa shape index (κ3) is 20.9. The summed E-state index contributed by atoms with van der Waals surface area (Å²) in [4.78, 5) is 48.3. The second-order valence-electron chi connectivity index (χ2n) is 12.6. The minimum Gasteiger partial charge on any atom is -0.748 e. The first-order chi connectivity index (χ1) is 21.3. The number of carbonyl (C=O) groups excluding carboxylic acids is 3. The molecule has 1 aromatic carbocycles. The van der Waals surface area contributed by atoms with Gasteiger partial charge in [-0.1, -0.05) is 65.0 Å². The fourth-order valence-electron chi connectivity index (χ4n) is 3.91. The first-order valence-corrected chi connectivity index (χ1v) is 17.4. The zero-order valence-corrected chi connectivity index (χ0v) is 29.4. The molecule has 0 aliphatic heterocycles. The Morgan fingerprint density at radius 2 is 1.63 bits per heavy atom. The molecule has 14 heteroatoms. The summed E-state index contributed by atoms with van der Waals surface area (Å²) < 4.78 is 37.8. The van der Waals surface area contributed by atoms with Crippen LogP contribution in [-0.4, -0.2) is 112 Å². The number of nitrogens with one attached hydrogen (secondary N) is 3. The molecule has 0 saturated carbocycles. The average molecular weight is 673 g/mol. The molecule has 0 aliphatic carbocycles. The Balaban J connectivity index is 0.00000170. The van der Waals surface area contributed by atoms with Crippen molar-refractivity contribution in [1.29, 1.82) is 0 Å². The summed E-state index contributed by atoms with van der Waals surface area (Å²) in [6.07, 6.45) is 1.49. The summed E-state index contributed by atoms with van der Waals surface area (Å²) in [5.41, 5.74) is 0.707. The molecule has 0 aliphatic rings. The number of likely N-dealkylation sites (N-methyl/N-ethyl adjacent to an activating group) is 1. The van der Waals surface area contributed by atoms with Gasteiger partial charge < -0.3 is 34.8 Å². The van der Waals surface area contributed by atoms with Gasteiger partial charge in [-0.2, -0.15) is 0 Å². The fourth-order valence-corrected chi connectivity index (χ4v) is 4.39. The lowest BCUT2D eigenvalue weighted by Crippen LogP contribution is -2.54. The van der Waals surface area contributed by atoms with Gasteiger partial charge in [0.15, 0.2) is 0 Å². The molecule has 46 heavy (non-hydrogen) atoms. The van der Waals surface area contributed by atoms with E-state index in [2.05, 4.69) is 60.1 Å². The van der Waals surface area contributed by atoms with Crippen molar-refractivity contribution >= 4 is 33.8 Å². The fraction of sp³-hybridized carbons (Fsp3) is 0.688. The van der Waals surface area contributed by atoms with Crippen molar-refractivity contribution < 1.29 is 46.5 Å². The molecule has 264 valence electrons. The van der Waals surface area contributed by atoms with Crippen LogP contribution in [0.5, 0.6) is 0 Å². The number of aliphatic carboxylic acids is 1. The Morgan fingerprint density at radius 3 is 2.17 bits per heavy atom. The first-order valence-electron chi connectivity index (χ1n) is 15.8. The number of carbonyl (C=O) groups is 4. The van der Waals surface area contributed by atoms with Crippen molar-refractivity contribution in [2.75, 3.05) is 59.2 Å². The molecular weight excluding hydrogens is 616 g/mol. The van der Waals surface area contributed by atoms with E-state index >= 15 is 0 Å². The van der Waals surface area contributed by atoms with Gasteiger partial charge in [-0.25, -0.2) is 8.42 Å². The van der Waals surface area contributed by atoms with E-state index in [1.54, 1.807) is 13.8 Å². The van der Waals surface area contributed by atoms with Crippen LogP contribution in [0.15, 0.2) is 30.3 Å². The summed E-state index contributed by atoms with van der Waals surface area (Å²) in [5.74, 6) is -2.13. The van der Waals surface area contributed by atoms with Crippen LogP contribution in [0.1, 0.15) is 78.2 Å². The van der Waals surface area contributed by atoms with Crippen LogP contribution >= 0.6 is 0 Å². The number of carboxylic acids is 1. The zero-order chi connectivity index (χ0) is 35.4. The van der Waals surface area contributed by atoms with Crippen LogP contribution in [0.25, 0.3) is 0 Å². The van der Waals surface area contributed by atoms with Crippen LogP contribution in [-0.2, 0) is 34.0 Å². The summed E-state index contributed by atoms with van der Waals surface area (Å²) in [5, 5.41) is 16.5. The Hall–Kier alpha value is -3.07. The molecule has 4 N–H and O–H groups in total. The monoisotopic (exact) mass is 672 g/mol. The van der Waals surface area contributed by atoms with Crippen LogP contribution in [0, 0.1) is 5.41 Å². The summed E-state index contributed by atoms with van der Waals surface area (Å²) >= 11 is 0. The third-order valence-electron chi connectivity index (χ3n) is 7.69. The average Bonchev–Trinajstić information content (AvgIpc) is 2.97. The number of amides is 3. The van der Waals surface area contributed by atoms with Gasteiger partial charge in [-0.15, -0.1) is 0 Å². The summed E-state index contributed by atoms with van der Waals surface area (Å²) in [7, 11) is -0.620. The lowest BCUT2D eigenvalue weighted by atomic mass is 9.89. The van der Waals surface area contributed by atoms with Gasteiger partial charge >= 0.3 is 5.97 Å². The van der Waals surface area contributed by atoms with Gasteiger partial charge in [0, 0.05) is 24.1 Å². The number of rotatable bonds is 21. The van der Waals surface area contributed by atoms with E-state index in [4.69, 9.17) is 9.84 Å². The predicted molar refractivity (Wildman–Crippen MR) is 176 cm³/mol. The third-order valence-corrected chi connectivity index (χ3v) is 8.48. The minimum absolute atomic E-state index is 0.0138. The molecule has 2 atom stereocenters. The van der Waals surface area contributed by atoms with E-state index in [0.29, 0.717) is 29.9 Å². The second kappa shape index (κ2) is 21.7. The number of quaternary nitrogens is 1. The topological polar surface area (TPSA) is 191 Å². The van der Waals surface area contributed by atoms with Crippen molar-refractivity contribution in [2.45, 2.75) is 78.7 Å². The maximum absolute atomic E-state index is 12.8. The van der Waals surface area contributed by atoms with Crippen molar-refractivity contribution in [1.82, 2.24) is 16.0 Å². The van der Waals surface area contributed by atoms with Gasteiger partial charge in [0.2, 0.25) is 17.7 Å². The number of benzene rings is 1. The van der Waals surface area contributed by atoms with Crippen LogP contribution in [0.4, 0.5) is 0 Å². The molecule has 0 fully saturated rings. The zero-order valence-electron chi connectivity index (χ0n) is 28.6. The maximum atomic E-state index is 12.8. The van der Waals surface area contributed by atoms with E-state index in [9.17, 15) is 32.1 Å². The largest absolute Gasteiger partial charge is 0.748 e. The van der Waals surface area contributed by atoms with E-state index in [1.807, 2.05) is 21.0 Å². The van der Waals surface area contributed by atoms with Crippen LogP contribution in [0.2, 0.25) is 0 Å². The quantitative estimate of drug-likeness (QED) is 0.0862. The van der Waals surface area contributed by atoms with Crippen molar-refractivity contribution in [3.8, 4) is 0 Å². The van der Waals surface area contributed by atoms with Gasteiger partial charge in [0.05, 0.1) is 69.9 Å². The van der Waals surface area contributed by atoms with Crippen molar-refractivity contribution in [3.05, 3.63) is 35.9 Å². The highest BCUT2D eigenvalue weighted by Crippen LogP contribution is 2.20. The highest BCUT2D eigenvalue weighted by Gasteiger charge is 2.31. The number of hydrogen-bond donors (Lipinski definition) is 4. The number of hydrogen-bond acceptors (Lipinski definition) is 8. The SMILES string of the molecule is CCC(C)(C)C(=O)NC(CC(=O)NCCOCCC(=O)O)C(=O)NCC[N+](C)(C)CCCS(=O)(=O)[O-].CCC(C)c1ccccc1. The molecule has 0 heterocycles. The Labute approximate surface area is 275 Å². The molecule has 0 aromatic heterocycles. The van der Waals surface area contributed by atoms with Crippen LogP contribution < -0.4 is 16.0 Å². The molecule has 3 amide bonds. The highest BCUT2D eigenvalue weighted by molar-refractivity contribution is 7.85. The maximum Gasteiger partial charge on any atom is 0.305 e. The molecular formula is C32H56N4O9S. The van der Waals surface area contributed by atoms with Gasteiger partial charge in [0.1, 0.15) is 6.04 Å². The second-order valence-corrected chi connectivity index (χ2v) is 14.1. The number of ether oxygens (including phenoxy) is 1. The Bertz CT molecular complexity index is 1180. The van der Waals surface area contributed by atoms with Crippen LogP contribution in [0.3, 0.4) is 0 Å². The van der Waals surface area contributed by atoms with Crippen molar-refractivity contribution in [2.24, 2.45) is 5.41 Å². The Morgan fingerprint density at radius 1 is 1.00 bits per heavy atom. The minimum atomic E-state index is -4.28. The van der Waals surface area contributed by atoms with Crippen molar-refractivity contribution in [3.63, 3.8) is 0 Å². The smallest absolute Gasteiger partial charge is 0.305 e. The van der Waals surface area contributed by atoms with E-state index in [0.717, 1.165) is 0 Å². The van der Waals surface area contributed by atoms with E-state index in [1.165, 1.54) is 12.0 Å². The Kier molecular flexibility index (Phi) is 20.2. The molecule has 2 unspecified atom stereocenters. The van der Waals surface area contributed by atoms with E-state index in [-0.39, 0.29) is 51.5 Å².